The van der Waals surface area contributed by atoms with Crippen LogP contribution in [0.2, 0.25) is 0 Å². The lowest BCUT2D eigenvalue weighted by atomic mass is 9.91. The molecule has 1 saturated carbocycles. The normalized spacial score (nSPS) is 34.4. The van der Waals surface area contributed by atoms with E-state index in [4.69, 9.17) is 5.73 Å². The first-order valence-electron chi connectivity index (χ1n) is 5.43. The molecule has 1 aliphatic carbocycles. The number of likely N-dealkylation sites (tertiary alicyclic amines) is 1. The monoisotopic (exact) mass is 197 g/mol. The maximum atomic E-state index is 11.2. The van der Waals surface area contributed by atoms with Gasteiger partial charge in [-0.25, -0.2) is 0 Å². The Balaban J connectivity index is 1.94. The summed E-state index contributed by atoms with van der Waals surface area (Å²) in [6.07, 6.45) is 3.58. The predicted octanol–water partition coefficient (Wildman–Crippen LogP) is -0.456. The van der Waals surface area contributed by atoms with Gasteiger partial charge in [-0.05, 0) is 32.9 Å². The molecular formula is C10H19N3O. The van der Waals surface area contributed by atoms with Crippen LogP contribution in [0.1, 0.15) is 19.3 Å². The third-order valence-corrected chi connectivity index (χ3v) is 3.44. The molecule has 1 saturated heterocycles. The van der Waals surface area contributed by atoms with Gasteiger partial charge in [0.2, 0.25) is 5.91 Å². The molecule has 80 valence electrons. The maximum Gasteiger partial charge on any atom is 0.222 e. The Kier molecular flexibility index (Phi) is 2.74. The van der Waals surface area contributed by atoms with Crippen molar-refractivity contribution in [3.8, 4) is 0 Å². The molecule has 4 heteroatoms. The topological polar surface area (TPSA) is 58.4 Å². The van der Waals surface area contributed by atoms with Gasteiger partial charge in [-0.2, -0.15) is 0 Å². The van der Waals surface area contributed by atoms with Crippen molar-refractivity contribution in [1.29, 1.82) is 0 Å². The molecule has 14 heavy (non-hydrogen) atoms. The van der Waals surface area contributed by atoms with Crippen LogP contribution >= 0.6 is 0 Å². The highest BCUT2D eigenvalue weighted by molar-refractivity contribution is 5.77. The minimum absolute atomic E-state index is 0.0231. The van der Waals surface area contributed by atoms with E-state index in [9.17, 15) is 4.79 Å². The van der Waals surface area contributed by atoms with Crippen LogP contribution < -0.4 is 11.1 Å². The summed E-state index contributed by atoms with van der Waals surface area (Å²) in [5.41, 5.74) is 5.37. The molecule has 2 rings (SSSR count). The van der Waals surface area contributed by atoms with Gasteiger partial charge in [0.1, 0.15) is 0 Å². The third kappa shape index (κ3) is 1.91. The highest BCUT2D eigenvalue weighted by atomic mass is 16.1. The number of hydrogen-bond acceptors (Lipinski definition) is 3. The SMILES string of the molecule is CNC1CN(C2CC2)CCC1C(N)=O. The summed E-state index contributed by atoms with van der Waals surface area (Å²) in [6, 6.07) is 1.04. The Bertz CT molecular complexity index is 227. The van der Waals surface area contributed by atoms with E-state index in [0.29, 0.717) is 0 Å². The van der Waals surface area contributed by atoms with E-state index >= 15 is 0 Å². The van der Waals surface area contributed by atoms with Gasteiger partial charge in [-0.3, -0.25) is 9.69 Å². The van der Waals surface area contributed by atoms with Gasteiger partial charge in [0, 0.05) is 18.6 Å². The molecule has 1 heterocycles. The zero-order valence-electron chi connectivity index (χ0n) is 8.70. The second-order valence-electron chi connectivity index (χ2n) is 4.42. The van der Waals surface area contributed by atoms with Gasteiger partial charge < -0.3 is 11.1 Å². The minimum Gasteiger partial charge on any atom is -0.369 e. The fraction of sp³-hybridized carbons (Fsp3) is 0.900. The van der Waals surface area contributed by atoms with Gasteiger partial charge in [-0.15, -0.1) is 0 Å². The smallest absolute Gasteiger partial charge is 0.222 e. The van der Waals surface area contributed by atoms with Crippen LogP contribution in [0, 0.1) is 5.92 Å². The van der Waals surface area contributed by atoms with Crippen molar-refractivity contribution in [2.75, 3.05) is 20.1 Å². The molecule has 0 aromatic heterocycles. The fourth-order valence-electron chi connectivity index (χ4n) is 2.38. The number of carbonyl (C=O) groups is 1. The molecule has 2 aliphatic rings. The van der Waals surface area contributed by atoms with E-state index in [2.05, 4.69) is 10.2 Å². The number of nitrogens with two attached hydrogens (primary N) is 1. The first kappa shape index (κ1) is 9.93. The first-order chi connectivity index (χ1) is 6.72. The van der Waals surface area contributed by atoms with Crippen molar-refractivity contribution in [1.82, 2.24) is 10.2 Å². The second-order valence-corrected chi connectivity index (χ2v) is 4.42. The first-order valence-corrected chi connectivity index (χ1v) is 5.43. The summed E-state index contributed by atoms with van der Waals surface area (Å²) in [4.78, 5) is 13.7. The van der Waals surface area contributed by atoms with Crippen molar-refractivity contribution in [3.63, 3.8) is 0 Å². The largest absolute Gasteiger partial charge is 0.369 e. The third-order valence-electron chi connectivity index (χ3n) is 3.44. The fourth-order valence-corrected chi connectivity index (χ4v) is 2.38. The van der Waals surface area contributed by atoms with Gasteiger partial charge in [0.05, 0.1) is 5.92 Å². The lowest BCUT2D eigenvalue weighted by Gasteiger charge is -2.37. The average molecular weight is 197 g/mol. The standard InChI is InChI=1S/C10H19N3O/c1-12-9-6-13(7-2-3-7)5-4-8(9)10(11)14/h7-9,12H,2-6H2,1H3,(H2,11,14). The summed E-state index contributed by atoms with van der Waals surface area (Å²) in [5, 5.41) is 3.21. The molecule has 2 atom stereocenters. The van der Waals surface area contributed by atoms with Gasteiger partial charge >= 0.3 is 0 Å². The Morgan fingerprint density at radius 3 is 2.64 bits per heavy atom. The Morgan fingerprint density at radius 2 is 2.14 bits per heavy atom. The summed E-state index contributed by atoms with van der Waals surface area (Å²) < 4.78 is 0. The van der Waals surface area contributed by atoms with Crippen molar-refractivity contribution in [2.24, 2.45) is 11.7 Å². The van der Waals surface area contributed by atoms with E-state index in [0.717, 1.165) is 25.6 Å². The van der Waals surface area contributed by atoms with E-state index in [1.165, 1.54) is 12.8 Å². The zero-order chi connectivity index (χ0) is 10.1. The number of nitrogens with one attached hydrogen (secondary N) is 1. The lowest BCUT2D eigenvalue weighted by Crippen LogP contribution is -2.54. The van der Waals surface area contributed by atoms with Crippen LogP contribution in [0.3, 0.4) is 0 Å². The second kappa shape index (κ2) is 3.87. The van der Waals surface area contributed by atoms with Crippen LogP contribution in [0.15, 0.2) is 0 Å². The molecular weight excluding hydrogens is 178 g/mol. The maximum absolute atomic E-state index is 11.2. The van der Waals surface area contributed by atoms with Crippen molar-refractivity contribution >= 4 is 5.91 Å². The molecule has 0 spiro atoms. The van der Waals surface area contributed by atoms with E-state index in [1.54, 1.807) is 0 Å². The molecule has 1 aliphatic heterocycles. The number of hydrogen-bond donors (Lipinski definition) is 2. The highest BCUT2D eigenvalue weighted by Crippen LogP contribution is 2.30. The molecule has 2 unspecified atom stereocenters. The lowest BCUT2D eigenvalue weighted by molar-refractivity contribution is -0.124. The molecule has 0 aromatic rings. The molecule has 0 aromatic carbocycles. The number of likely N-dealkylation sites (N-methyl/N-ethyl adjacent to an activating group) is 1. The molecule has 2 fully saturated rings. The number of nitrogens with zero attached hydrogens (tertiary/aromatic N) is 1. The minimum atomic E-state index is -0.153. The molecule has 4 nitrogen and oxygen atoms in total. The zero-order valence-corrected chi connectivity index (χ0v) is 8.70. The van der Waals surface area contributed by atoms with Crippen LogP contribution in [0.4, 0.5) is 0 Å². The number of rotatable bonds is 3. The van der Waals surface area contributed by atoms with Gasteiger partial charge in [0.25, 0.3) is 0 Å². The van der Waals surface area contributed by atoms with E-state index in [1.807, 2.05) is 7.05 Å². The van der Waals surface area contributed by atoms with Crippen LogP contribution in [0.25, 0.3) is 0 Å². The molecule has 0 radical (unpaired) electrons. The Hall–Kier alpha value is -0.610. The van der Waals surface area contributed by atoms with Crippen molar-refractivity contribution in [2.45, 2.75) is 31.3 Å². The predicted molar refractivity (Wildman–Crippen MR) is 54.7 cm³/mol. The number of amides is 1. The van der Waals surface area contributed by atoms with Crippen molar-refractivity contribution in [3.05, 3.63) is 0 Å². The molecule has 1 amide bonds. The van der Waals surface area contributed by atoms with E-state index < -0.39 is 0 Å². The van der Waals surface area contributed by atoms with Gasteiger partial charge in [-0.1, -0.05) is 0 Å². The summed E-state index contributed by atoms with van der Waals surface area (Å²) in [5.74, 6) is -0.130. The quantitative estimate of drug-likeness (QED) is 0.644. The highest BCUT2D eigenvalue weighted by Gasteiger charge is 2.37. The summed E-state index contributed by atoms with van der Waals surface area (Å²) >= 11 is 0. The summed E-state index contributed by atoms with van der Waals surface area (Å²) in [6.45, 7) is 2.02. The molecule has 0 bridgehead atoms. The van der Waals surface area contributed by atoms with Crippen LogP contribution in [0.5, 0.6) is 0 Å². The van der Waals surface area contributed by atoms with Crippen LogP contribution in [-0.2, 0) is 4.79 Å². The van der Waals surface area contributed by atoms with Crippen molar-refractivity contribution < 1.29 is 4.79 Å². The number of piperidine rings is 1. The Labute approximate surface area is 84.8 Å². The number of primary amides is 1. The van der Waals surface area contributed by atoms with E-state index in [-0.39, 0.29) is 17.9 Å². The average Bonchev–Trinajstić information content (AvgIpc) is 3.00. The summed E-state index contributed by atoms with van der Waals surface area (Å²) in [7, 11) is 1.91. The number of carbonyl (C=O) groups excluding carboxylic acids is 1. The van der Waals surface area contributed by atoms with Gasteiger partial charge in [0.15, 0.2) is 0 Å². The molecule has 3 N–H and O–H groups in total. The Morgan fingerprint density at radius 1 is 1.43 bits per heavy atom. The van der Waals surface area contributed by atoms with Crippen LogP contribution in [-0.4, -0.2) is 43.0 Å².